The highest BCUT2D eigenvalue weighted by atomic mass is 32.2. The molecule has 1 aliphatic rings. The number of benzene rings is 1. The van der Waals surface area contributed by atoms with Crippen molar-refractivity contribution >= 4 is 32.8 Å². The van der Waals surface area contributed by atoms with Crippen molar-refractivity contribution in [2.24, 2.45) is 5.73 Å². The molecule has 0 amide bonds. The molecule has 10 heteroatoms. The van der Waals surface area contributed by atoms with E-state index in [-0.39, 0.29) is 12.3 Å². The van der Waals surface area contributed by atoms with E-state index in [1.54, 1.807) is 10.6 Å². The van der Waals surface area contributed by atoms with Crippen molar-refractivity contribution in [3.8, 4) is 6.07 Å². The van der Waals surface area contributed by atoms with Crippen LogP contribution in [0.1, 0.15) is 29.5 Å². The van der Waals surface area contributed by atoms with Gasteiger partial charge in [-0.15, -0.1) is 0 Å². The van der Waals surface area contributed by atoms with E-state index in [1.165, 1.54) is 12.5 Å². The van der Waals surface area contributed by atoms with Crippen LogP contribution in [0.2, 0.25) is 0 Å². The van der Waals surface area contributed by atoms with E-state index < -0.39 is 9.84 Å². The van der Waals surface area contributed by atoms with Crippen LogP contribution >= 0.6 is 0 Å². The number of nitrogens with one attached hydrogen (secondary N) is 2. The fourth-order valence-electron chi connectivity index (χ4n) is 3.11. The predicted octanol–water partition coefficient (Wildman–Crippen LogP) is 1.92. The van der Waals surface area contributed by atoms with Crippen molar-refractivity contribution in [1.29, 1.82) is 5.26 Å². The number of aromatic nitrogens is 3. The van der Waals surface area contributed by atoms with Crippen LogP contribution < -0.4 is 16.4 Å². The molecule has 2 heterocycles. The van der Waals surface area contributed by atoms with Crippen LogP contribution in [0.25, 0.3) is 5.65 Å². The monoisotopic (exact) mass is 411 g/mol. The highest BCUT2D eigenvalue weighted by Crippen LogP contribution is 2.28. The lowest BCUT2D eigenvalue weighted by molar-refractivity contribution is 0.601. The van der Waals surface area contributed by atoms with Gasteiger partial charge in [0.1, 0.15) is 23.3 Å². The van der Waals surface area contributed by atoms with E-state index in [2.05, 4.69) is 26.8 Å². The number of nitriles is 1. The van der Waals surface area contributed by atoms with Crippen molar-refractivity contribution in [2.75, 3.05) is 16.9 Å². The standard InChI is InChI=1S/C19H21N7O2S/c1-29(27,28)11-13-6-16(3-2-12(13)8-20)23-17-7-18(24-15-4-5-15)26-19(25-17)14(9-21)10-22-26/h2-3,6-7,10,15,24H,4-5,8,11,20H2,1H3,(H,23,25). The molecule has 0 saturated heterocycles. The maximum absolute atomic E-state index is 11.8. The normalized spacial score (nSPS) is 14.0. The second kappa shape index (κ2) is 7.35. The Hall–Kier alpha value is -3.16. The lowest BCUT2D eigenvalue weighted by Crippen LogP contribution is -2.10. The van der Waals surface area contributed by atoms with Gasteiger partial charge < -0.3 is 16.4 Å². The summed E-state index contributed by atoms with van der Waals surface area (Å²) in [7, 11) is -3.20. The van der Waals surface area contributed by atoms with Gasteiger partial charge in [0.25, 0.3) is 0 Å². The lowest BCUT2D eigenvalue weighted by atomic mass is 10.1. The summed E-state index contributed by atoms with van der Waals surface area (Å²) in [6, 6.07) is 9.73. The van der Waals surface area contributed by atoms with Crippen LogP contribution in [-0.2, 0) is 22.1 Å². The number of rotatable bonds is 7. The first-order valence-electron chi connectivity index (χ1n) is 9.18. The van der Waals surface area contributed by atoms with E-state index in [9.17, 15) is 13.7 Å². The molecule has 9 nitrogen and oxygen atoms in total. The Balaban J connectivity index is 1.72. The van der Waals surface area contributed by atoms with Gasteiger partial charge in [-0.05, 0) is 36.1 Å². The number of sulfone groups is 1. The average Bonchev–Trinajstić information content (AvgIpc) is 3.37. The summed E-state index contributed by atoms with van der Waals surface area (Å²) < 4.78 is 25.1. The van der Waals surface area contributed by atoms with Gasteiger partial charge >= 0.3 is 0 Å². The van der Waals surface area contributed by atoms with Crippen LogP contribution in [0.5, 0.6) is 0 Å². The topological polar surface area (TPSA) is 138 Å². The minimum absolute atomic E-state index is 0.0861. The number of hydrogen-bond acceptors (Lipinski definition) is 8. The smallest absolute Gasteiger partial charge is 0.177 e. The number of nitrogens with two attached hydrogens (primary N) is 1. The molecule has 0 bridgehead atoms. The molecule has 0 spiro atoms. The molecular weight excluding hydrogens is 390 g/mol. The first kappa shape index (κ1) is 19.2. The third kappa shape index (κ3) is 4.31. The number of hydrogen-bond donors (Lipinski definition) is 3. The predicted molar refractivity (Wildman–Crippen MR) is 111 cm³/mol. The van der Waals surface area contributed by atoms with E-state index in [1.807, 2.05) is 18.2 Å². The van der Waals surface area contributed by atoms with Crippen LogP contribution in [-0.4, -0.2) is 35.3 Å². The quantitative estimate of drug-likeness (QED) is 0.536. The number of anilines is 3. The second-order valence-corrected chi connectivity index (χ2v) is 9.37. The Morgan fingerprint density at radius 2 is 2.10 bits per heavy atom. The fraction of sp³-hybridized carbons (Fsp3) is 0.316. The molecule has 1 aliphatic carbocycles. The van der Waals surface area contributed by atoms with E-state index in [0.29, 0.717) is 34.3 Å². The Morgan fingerprint density at radius 1 is 1.31 bits per heavy atom. The Kier molecular flexibility index (Phi) is 4.86. The molecule has 150 valence electrons. The maximum Gasteiger partial charge on any atom is 0.177 e. The van der Waals surface area contributed by atoms with Crippen LogP contribution in [0, 0.1) is 11.3 Å². The zero-order chi connectivity index (χ0) is 20.6. The largest absolute Gasteiger partial charge is 0.367 e. The Bertz CT molecular complexity index is 1220. The van der Waals surface area contributed by atoms with Gasteiger partial charge in [0, 0.05) is 30.6 Å². The van der Waals surface area contributed by atoms with Gasteiger partial charge in [-0.3, -0.25) is 0 Å². The van der Waals surface area contributed by atoms with Crippen molar-refractivity contribution in [1.82, 2.24) is 14.6 Å². The van der Waals surface area contributed by atoms with Crippen molar-refractivity contribution in [3.05, 3.63) is 47.2 Å². The number of nitrogens with zero attached hydrogens (tertiary/aromatic N) is 4. The number of fused-ring (bicyclic) bond motifs is 1. The van der Waals surface area contributed by atoms with Gasteiger partial charge in [0.05, 0.1) is 11.9 Å². The van der Waals surface area contributed by atoms with Gasteiger partial charge in [-0.25, -0.2) is 13.4 Å². The average molecular weight is 411 g/mol. The van der Waals surface area contributed by atoms with Gasteiger partial charge in [0.15, 0.2) is 15.5 Å². The first-order chi connectivity index (χ1) is 13.9. The van der Waals surface area contributed by atoms with Crippen LogP contribution in [0.15, 0.2) is 30.5 Å². The lowest BCUT2D eigenvalue weighted by Gasteiger charge is -2.13. The maximum atomic E-state index is 11.8. The third-order valence-corrected chi connectivity index (χ3v) is 5.47. The summed E-state index contributed by atoms with van der Waals surface area (Å²) in [4.78, 5) is 4.52. The molecule has 29 heavy (non-hydrogen) atoms. The molecule has 1 aromatic carbocycles. The molecule has 1 saturated carbocycles. The molecular formula is C19H21N7O2S. The summed E-state index contributed by atoms with van der Waals surface area (Å²) in [6.07, 6.45) is 4.87. The highest BCUT2D eigenvalue weighted by Gasteiger charge is 2.23. The van der Waals surface area contributed by atoms with Gasteiger partial charge in [-0.2, -0.15) is 14.9 Å². The van der Waals surface area contributed by atoms with Crippen LogP contribution in [0.3, 0.4) is 0 Å². The van der Waals surface area contributed by atoms with Crippen molar-refractivity contribution in [3.63, 3.8) is 0 Å². The molecule has 0 aliphatic heterocycles. The molecule has 2 aromatic heterocycles. The highest BCUT2D eigenvalue weighted by molar-refractivity contribution is 7.89. The zero-order valence-corrected chi connectivity index (χ0v) is 16.7. The first-order valence-corrected chi connectivity index (χ1v) is 11.2. The molecule has 0 unspecified atom stereocenters. The SMILES string of the molecule is CS(=O)(=O)Cc1cc(Nc2cc(NC3CC3)n3ncc(C#N)c3n2)ccc1CN. The fourth-order valence-corrected chi connectivity index (χ4v) is 3.95. The summed E-state index contributed by atoms with van der Waals surface area (Å²) in [5, 5.41) is 20.2. The summed E-state index contributed by atoms with van der Waals surface area (Å²) in [5.74, 6) is 1.19. The molecule has 0 radical (unpaired) electrons. The Morgan fingerprint density at radius 3 is 2.76 bits per heavy atom. The van der Waals surface area contributed by atoms with E-state index in [4.69, 9.17) is 5.73 Å². The minimum Gasteiger partial charge on any atom is -0.367 e. The molecule has 3 aromatic rings. The van der Waals surface area contributed by atoms with E-state index in [0.717, 1.165) is 24.2 Å². The Labute approximate surface area is 168 Å². The second-order valence-electron chi connectivity index (χ2n) is 7.23. The van der Waals surface area contributed by atoms with Gasteiger partial charge in [0.2, 0.25) is 0 Å². The van der Waals surface area contributed by atoms with Gasteiger partial charge in [-0.1, -0.05) is 6.07 Å². The third-order valence-electron chi connectivity index (χ3n) is 4.64. The summed E-state index contributed by atoms with van der Waals surface area (Å²) in [6.45, 7) is 0.256. The molecule has 0 atom stereocenters. The zero-order valence-electron chi connectivity index (χ0n) is 15.9. The summed E-state index contributed by atoms with van der Waals surface area (Å²) >= 11 is 0. The van der Waals surface area contributed by atoms with E-state index >= 15 is 0 Å². The van der Waals surface area contributed by atoms with Crippen LogP contribution in [0.4, 0.5) is 17.3 Å². The minimum atomic E-state index is -3.20. The van der Waals surface area contributed by atoms with Crippen molar-refractivity contribution in [2.45, 2.75) is 31.2 Å². The molecule has 4 rings (SSSR count). The van der Waals surface area contributed by atoms with Crippen molar-refractivity contribution < 1.29 is 8.42 Å². The summed E-state index contributed by atoms with van der Waals surface area (Å²) in [5.41, 5.74) is 8.70. The molecule has 1 fully saturated rings. The molecule has 4 N–H and O–H groups in total.